The van der Waals surface area contributed by atoms with Crippen molar-refractivity contribution in [1.82, 2.24) is 0 Å². The molecule has 0 aromatic carbocycles. The Bertz CT molecular complexity index is 298. The highest BCUT2D eigenvalue weighted by molar-refractivity contribution is 5.76. The molecule has 0 rings (SSSR count). The lowest BCUT2D eigenvalue weighted by molar-refractivity contribution is -0.122. The number of unbranched alkanes of at least 4 members (excludes halogenated alkanes) is 12. The first-order chi connectivity index (χ1) is 11.7. The molecular weight excluding hydrogens is 294 g/mol. The minimum atomic E-state index is -0.120. The summed E-state index contributed by atoms with van der Waals surface area (Å²) in [5, 5.41) is 0. The zero-order chi connectivity index (χ0) is 17.9. The molecule has 0 aromatic heterocycles. The van der Waals surface area contributed by atoms with Gasteiger partial charge >= 0.3 is 0 Å². The average molecular weight is 338 g/mol. The molecule has 0 aliphatic carbocycles. The Morgan fingerprint density at radius 1 is 0.750 bits per heavy atom. The first kappa shape index (κ1) is 23.2. The van der Waals surface area contributed by atoms with Crippen LogP contribution in [0.3, 0.4) is 0 Å². The molecule has 1 unspecified atom stereocenters. The SMILES string of the molecule is CCCCCCCCC=CCCCCCCCCC(CC)C(N)=O. The third kappa shape index (κ3) is 16.1. The number of primary amides is 1. The van der Waals surface area contributed by atoms with Crippen LogP contribution in [-0.2, 0) is 4.79 Å². The maximum Gasteiger partial charge on any atom is 0.220 e. The number of carbonyl (C=O) groups is 1. The Morgan fingerprint density at radius 2 is 1.21 bits per heavy atom. The lowest BCUT2D eigenvalue weighted by Gasteiger charge is -2.09. The van der Waals surface area contributed by atoms with Gasteiger partial charge in [-0.1, -0.05) is 90.2 Å². The zero-order valence-electron chi connectivity index (χ0n) is 16.5. The van der Waals surface area contributed by atoms with Gasteiger partial charge in [-0.3, -0.25) is 4.79 Å². The van der Waals surface area contributed by atoms with Gasteiger partial charge in [-0.25, -0.2) is 0 Å². The summed E-state index contributed by atoms with van der Waals surface area (Å²) < 4.78 is 0. The first-order valence-electron chi connectivity index (χ1n) is 10.7. The molecule has 0 aliphatic rings. The van der Waals surface area contributed by atoms with Crippen molar-refractivity contribution in [3.8, 4) is 0 Å². The quantitative estimate of drug-likeness (QED) is 0.214. The van der Waals surface area contributed by atoms with Crippen molar-refractivity contribution >= 4 is 5.91 Å². The van der Waals surface area contributed by atoms with Gasteiger partial charge in [0.15, 0.2) is 0 Å². The average Bonchev–Trinajstić information content (AvgIpc) is 2.57. The summed E-state index contributed by atoms with van der Waals surface area (Å²) in [5.41, 5.74) is 5.37. The van der Waals surface area contributed by atoms with Crippen LogP contribution in [0.25, 0.3) is 0 Å². The van der Waals surface area contributed by atoms with Crippen LogP contribution in [0.2, 0.25) is 0 Å². The monoisotopic (exact) mass is 337 g/mol. The van der Waals surface area contributed by atoms with Crippen LogP contribution in [0.1, 0.15) is 117 Å². The van der Waals surface area contributed by atoms with Crippen LogP contribution in [0.4, 0.5) is 0 Å². The smallest absolute Gasteiger partial charge is 0.220 e. The molecule has 0 radical (unpaired) electrons. The molecular formula is C22H43NO. The number of allylic oxidation sites excluding steroid dienone is 2. The number of carbonyl (C=O) groups excluding carboxylic acids is 1. The van der Waals surface area contributed by atoms with Crippen molar-refractivity contribution < 1.29 is 4.79 Å². The maximum atomic E-state index is 11.1. The topological polar surface area (TPSA) is 43.1 Å². The molecule has 0 spiro atoms. The van der Waals surface area contributed by atoms with E-state index >= 15 is 0 Å². The second kappa shape index (κ2) is 18.5. The van der Waals surface area contributed by atoms with Crippen LogP contribution in [0.15, 0.2) is 12.2 Å². The largest absolute Gasteiger partial charge is 0.369 e. The number of hydrogen-bond donors (Lipinski definition) is 1. The van der Waals surface area contributed by atoms with Gasteiger partial charge in [0, 0.05) is 5.92 Å². The summed E-state index contributed by atoms with van der Waals surface area (Å²) >= 11 is 0. The number of amides is 1. The summed E-state index contributed by atoms with van der Waals surface area (Å²) in [6.07, 6.45) is 25.2. The molecule has 0 aliphatic heterocycles. The molecule has 1 amide bonds. The zero-order valence-corrected chi connectivity index (χ0v) is 16.5. The van der Waals surface area contributed by atoms with E-state index in [0.717, 1.165) is 19.3 Å². The van der Waals surface area contributed by atoms with Gasteiger partial charge in [0.2, 0.25) is 5.91 Å². The van der Waals surface area contributed by atoms with Crippen molar-refractivity contribution in [3.05, 3.63) is 12.2 Å². The number of hydrogen-bond acceptors (Lipinski definition) is 1. The Hall–Kier alpha value is -0.790. The molecule has 1 atom stereocenters. The van der Waals surface area contributed by atoms with E-state index in [1.54, 1.807) is 0 Å². The van der Waals surface area contributed by atoms with Gasteiger partial charge in [0.1, 0.15) is 0 Å². The third-order valence-electron chi connectivity index (χ3n) is 4.96. The normalized spacial score (nSPS) is 12.8. The molecule has 24 heavy (non-hydrogen) atoms. The summed E-state index contributed by atoms with van der Waals surface area (Å²) in [6.45, 7) is 4.32. The lowest BCUT2D eigenvalue weighted by atomic mass is 9.97. The maximum absolute atomic E-state index is 11.1. The lowest BCUT2D eigenvalue weighted by Crippen LogP contribution is -2.22. The summed E-state index contributed by atoms with van der Waals surface area (Å²) in [6, 6.07) is 0. The molecule has 0 fully saturated rings. The van der Waals surface area contributed by atoms with Crippen molar-refractivity contribution in [2.24, 2.45) is 11.7 Å². The molecule has 2 heteroatoms. The minimum Gasteiger partial charge on any atom is -0.369 e. The second-order valence-corrected chi connectivity index (χ2v) is 7.23. The first-order valence-corrected chi connectivity index (χ1v) is 10.7. The van der Waals surface area contributed by atoms with E-state index < -0.39 is 0 Å². The van der Waals surface area contributed by atoms with Crippen LogP contribution < -0.4 is 5.73 Å². The Balaban J connectivity index is 3.22. The Kier molecular flexibility index (Phi) is 17.9. The highest BCUT2D eigenvalue weighted by Gasteiger charge is 2.11. The predicted octanol–water partition coefficient (Wildman–Crippen LogP) is 6.93. The Morgan fingerprint density at radius 3 is 1.67 bits per heavy atom. The predicted molar refractivity (Wildman–Crippen MR) is 107 cm³/mol. The molecule has 0 aromatic rings. The molecule has 2 N–H and O–H groups in total. The van der Waals surface area contributed by atoms with Crippen molar-refractivity contribution in [2.45, 2.75) is 117 Å². The standard InChI is InChI=1S/C22H43NO/c1-3-5-6-7-8-9-10-11-12-13-14-15-16-17-18-19-20-21(4-2)22(23)24/h11-12,21H,3-10,13-20H2,1-2H3,(H2,23,24). The fourth-order valence-electron chi connectivity index (χ4n) is 3.19. The van der Waals surface area contributed by atoms with E-state index in [9.17, 15) is 4.79 Å². The number of rotatable bonds is 18. The highest BCUT2D eigenvalue weighted by atomic mass is 16.1. The van der Waals surface area contributed by atoms with Crippen LogP contribution in [0, 0.1) is 5.92 Å². The molecule has 0 saturated heterocycles. The summed E-state index contributed by atoms with van der Waals surface area (Å²) in [5.74, 6) is -0.0213. The molecule has 2 nitrogen and oxygen atoms in total. The van der Waals surface area contributed by atoms with Crippen molar-refractivity contribution in [1.29, 1.82) is 0 Å². The van der Waals surface area contributed by atoms with Crippen LogP contribution in [0.5, 0.6) is 0 Å². The van der Waals surface area contributed by atoms with Gasteiger partial charge in [-0.05, 0) is 38.5 Å². The van der Waals surface area contributed by atoms with Gasteiger partial charge in [0.25, 0.3) is 0 Å². The van der Waals surface area contributed by atoms with E-state index in [0.29, 0.717) is 0 Å². The summed E-state index contributed by atoms with van der Waals surface area (Å²) in [7, 11) is 0. The van der Waals surface area contributed by atoms with Crippen molar-refractivity contribution in [2.75, 3.05) is 0 Å². The third-order valence-corrected chi connectivity index (χ3v) is 4.96. The van der Waals surface area contributed by atoms with Gasteiger partial charge in [-0.2, -0.15) is 0 Å². The molecule has 142 valence electrons. The van der Waals surface area contributed by atoms with Crippen LogP contribution >= 0.6 is 0 Å². The van der Waals surface area contributed by atoms with Crippen molar-refractivity contribution in [3.63, 3.8) is 0 Å². The van der Waals surface area contributed by atoms with Gasteiger partial charge in [-0.15, -0.1) is 0 Å². The molecule has 0 bridgehead atoms. The highest BCUT2D eigenvalue weighted by Crippen LogP contribution is 2.15. The van der Waals surface area contributed by atoms with E-state index in [2.05, 4.69) is 26.0 Å². The van der Waals surface area contributed by atoms with Gasteiger partial charge in [0.05, 0.1) is 0 Å². The summed E-state index contributed by atoms with van der Waals surface area (Å²) in [4.78, 5) is 11.1. The van der Waals surface area contributed by atoms with Gasteiger partial charge < -0.3 is 5.73 Å². The van der Waals surface area contributed by atoms with E-state index in [4.69, 9.17) is 5.73 Å². The molecule has 0 heterocycles. The fourth-order valence-corrected chi connectivity index (χ4v) is 3.19. The number of nitrogens with two attached hydrogens (primary N) is 1. The second-order valence-electron chi connectivity index (χ2n) is 7.23. The van der Waals surface area contributed by atoms with E-state index in [-0.39, 0.29) is 11.8 Å². The van der Waals surface area contributed by atoms with Crippen LogP contribution in [-0.4, -0.2) is 5.91 Å². The fraction of sp³-hybridized carbons (Fsp3) is 0.864. The Labute approximate surface area is 151 Å². The van der Waals surface area contributed by atoms with E-state index in [1.165, 1.54) is 83.5 Å². The minimum absolute atomic E-state index is 0.0989. The molecule has 0 saturated carbocycles. The van der Waals surface area contributed by atoms with E-state index in [1.807, 2.05) is 0 Å².